The Morgan fingerprint density at radius 3 is 2.69 bits per heavy atom. The maximum atomic E-state index is 4.86. The maximum Gasteiger partial charge on any atom is 0.156 e. The van der Waals surface area contributed by atoms with Crippen molar-refractivity contribution in [3.05, 3.63) is 61.3 Å². The van der Waals surface area contributed by atoms with Crippen LogP contribution < -0.4 is 10.2 Å². The molecule has 0 amide bonds. The Hall–Kier alpha value is -3.65. The number of aromatic nitrogens is 6. The smallest absolute Gasteiger partial charge is 0.156 e. The van der Waals surface area contributed by atoms with Crippen LogP contribution in [0.3, 0.4) is 0 Å². The summed E-state index contributed by atoms with van der Waals surface area (Å²) in [5, 5.41) is 8.86. The fraction of sp³-hybridized carbons (Fsp3) is 0.190. The number of hydrogen-bond donors (Lipinski definition) is 1. The minimum absolute atomic E-state index is 0.694. The lowest BCUT2D eigenvalue weighted by atomic mass is 10.2. The maximum absolute atomic E-state index is 4.86. The molecule has 1 aliphatic heterocycles. The molecule has 4 aromatic rings. The van der Waals surface area contributed by atoms with Gasteiger partial charge in [0.1, 0.15) is 11.5 Å². The Morgan fingerprint density at radius 2 is 1.83 bits per heavy atom. The summed E-state index contributed by atoms with van der Waals surface area (Å²) in [6.45, 7) is 7.59. The van der Waals surface area contributed by atoms with Crippen molar-refractivity contribution in [3.63, 3.8) is 0 Å². The molecule has 8 heteroatoms. The van der Waals surface area contributed by atoms with Gasteiger partial charge in [0, 0.05) is 37.8 Å². The second-order valence-electron chi connectivity index (χ2n) is 6.81. The average molecular weight is 384 g/mol. The summed E-state index contributed by atoms with van der Waals surface area (Å²) < 4.78 is 1.84. The van der Waals surface area contributed by atoms with Gasteiger partial charge >= 0.3 is 0 Å². The van der Waals surface area contributed by atoms with Gasteiger partial charge in [-0.25, -0.2) is 14.6 Å². The molecule has 144 valence electrons. The highest BCUT2D eigenvalue weighted by atomic mass is 15.3. The SMILES string of the molecule is C=Cc1cncc(-c2cc3c(cn2)cnn3-c2cccc(N3CCNCC3)n2)n1. The Bertz CT molecular complexity index is 1180. The van der Waals surface area contributed by atoms with Gasteiger partial charge in [0.25, 0.3) is 0 Å². The van der Waals surface area contributed by atoms with Crippen molar-refractivity contribution in [2.75, 3.05) is 31.1 Å². The number of nitrogens with one attached hydrogen (secondary N) is 1. The first-order valence-electron chi connectivity index (χ1n) is 9.53. The van der Waals surface area contributed by atoms with Gasteiger partial charge in [0.05, 0.1) is 35.5 Å². The quantitative estimate of drug-likeness (QED) is 0.578. The molecule has 29 heavy (non-hydrogen) atoms. The summed E-state index contributed by atoms with van der Waals surface area (Å²) in [5.74, 6) is 1.74. The number of nitrogens with zero attached hydrogens (tertiary/aromatic N) is 7. The molecular formula is C21H20N8. The van der Waals surface area contributed by atoms with E-state index in [1.807, 2.05) is 28.9 Å². The van der Waals surface area contributed by atoms with Crippen LogP contribution in [0, 0.1) is 0 Å². The molecule has 0 unspecified atom stereocenters. The van der Waals surface area contributed by atoms with Crippen molar-refractivity contribution in [3.8, 4) is 17.2 Å². The third kappa shape index (κ3) is 3.34. The van der Waals surface area contributed by atoms with Crippen molar-refractivity contribution in [1.29, 1.82) is 0 Å². The zero-order valence-corrected chi connectivity index (χ0v) is 15.9. The van der Waals surface area contributed by atoms with Crippen LogP contribution in [-0.2, 0) is 0 Å². The number of pyridine rings is 2. The van der Waals surface area contributed by atoms with Crippen molar-refractivity contribution in [2.45, 2.75) is 0 Å². The lowest BCUT2D eigenvalue weighted by Gasteiger charge is -2.28. The lowest BCUT2D eigenvalue weighted by Crippen LogP contribution is -2.43. The summed E-state index contributed by atoms with van der Waals surface area (Å²) in [7, 11) is 0. The molecule has 1 aliphatic rings. The van der Waals surface area contributed by atoms with Crippen LogP contribution in [-0.4, -0.2) is 55.9 Å². The Labute approximate surface area is 168 Å². The number of piperazine rings is 1. The number of fused-ring (bicyclic) bond motifs is 1. The largest absolute Gasteiger partial charge is 0.354 e. The molecule has 0 aromatic carbocycles. The van der Waals surface area contributed by atoms with E-state index in [1.54, 1.807) is 30.9 Å². The highest BCUT2D eigenvalue weighted by molar-refractivity contribution is 5.82. The standard InChI is InChI=1S/C21H20N8/c1-2-16-13-23-14-18(26-16)17-10-19-15(11-24-17)12-25-29(19)21-5-3-4-20(27-21)28-8-6-22-7-9-28/h2-5,10-14,22H,1,6-9H2. The van der Waals surface area contributed by atoms with E-state index in [9.17, 15) is 0 Å². The Morgan fingerprint density at radius 1 is 0.966 bits per heavy atom. The van der Waals surface area contributed by atoms with E-state index in [0.29, 0.717) is 11.4 Å². The molecule has 5 rings (SSSR count). The van der Waals surface area contributed by atoms with Crippen LogP contribution in [0.5, 0.6) is 0 Å². The number of hydrogen-bond acceptors (Lipinski definition) is 7. The van der Waals surface area contributed by atoms with Crippen LogP contribution >= 0.6 is 0 Å². The second-order valence-corrected chi connectivity index (χ2v) is 6.81. The third-order valence-electron chi connectivity index (χ3n) is 4.95. The van der Waals surface area contributed by atoms with E-state index in [4.69, 9.17) is 4.98 Å². The molecule has 1 fully saturated rings. The van der Waals surface area contributed by atoms with Crippen molar-refractivity contribution in [1.82, 2.24) is 35.0 Å². The van der Waals surface area contributed by atoms with E-state index in [2.05, 4.69) is 36.8 Å². The molecule has 1 saturated heterocycles. The third-order valence-corrected chi connectivity index (χ3v) is 4.95. The van der Waals surface area contributed by atoms with Crippen molar-refractivity contribution < 1.29 is 0 Å². The molecule has 0 spiro atoms. The predicted molar refractivity (Wildman–Crippen MR) is 113 cm³/mol. The zero-order chi connectivity index (χ0) is 19.6. The average Bonchev–Trinajstić information content (AvgIpc) is 3.23. The van der Waals surface area contributed by atoms with Crippen molar-refractivity contribution >= 4 is 22.8 Å². The first-order valence-corrected chi connectivity index (χ1v) is 9.53. The molecule has 5 heterocycles. The number of rotatable bonds is 4. The molecule has 0 radical (unpaired) electrons. The zero-order valence-electron chi connectivity index (χ0n) is 15.9. The van der Waals surface area contributed by atoms with Crippen LogP contribution in [0.4, 0.5) is 5.82 Å². The van der Waals surface area contributed by atoms with Gasteiger partial charge in [0.2, 0.25) is 0 Å². The Kier molecular flexibility index (Phi) is 4.45. The van der Waals surface area contributed by atoms with Crippen LogP contribution in [0.25, 0.3) is 34.2 Å². The highest BCUT2D eigenvalue weighted by Gasteiger charge is 2.14. The Balaban J connectivity index is 1.56. The van der Waals surface area contributed by atoms with Crippen molar-refractivity contribution in [2.24, 2.45) is 0 Å². The van der Waals surface area contributed by atoms with E-state index in [-0.39, 0.29) is 0 Å². The summed E-state index contributed by atoms with van der Waals surface area (Å²) in [6.07, 6.45) is 8.65. The van der Waals surface area contributed by atoms with Gasteiger partial charge in [-0.2, -0.15) is 5.10 Å². The van der Waals surface area contributed by atoms with Gasteiger partial charge in [-0.15, -0.1) is 0 Å². The molecule has 8 nitrogen and oxygen atoms in total. The van der Waals surface area contributed by atoms with E-state index < -0.39 is 0 Å². The first kappa shape index (κ1) is 17.4. The van der Waals surface area contributed by atoms with Crippen LogP contribution in [0.2, 0.25) is 0 Å². The van der Waals surface area contributed by atoms with Crippen LogP contribution in [0.1, 0.15) is 5.69 Å². The first-order chi connectivity index (χ1) is 14.3. The van der Waals surface area contributed by atoms with Gasteiger partial charge in [-0.1, -0.05) is 12.6 Å². The molecule has 4 aromatic heterocycles. The van der Waals surface area contributed by atoms with Gasteiger partial charge < -0.3 is 10.2 Å². The topological polar surface area (TPSA) is 84.7 Å². The van der Waals surface area contributed by atoms with Gasteiger partial charge in [-0.05, 0) is 24.3 Å². The second kappa shape index (κ2) is 7.40. The molecule has 0 aliphatic carbocycles. The van der Waals surface area contributed by atoms with Gasteiger partial charge in [0.15, 0.2) is 5.82 Å². The highest BCUT2D eigenvalue weighted by Crippen LogP contribution is 2.23. The molecular weight excluding hydrogens is 364 g/mol. The van der Waals surface area contributed by atoms with Crippen LogP contribution in [0.15, 0.2) is 55.6 Å². The van der Waals surface area contributed by atoms with E-state index in [1.165, 1.54) is 0 Å². The summed E-state index contributed by atoms with van der Waals surface area (Å²) in [6, 6.07) is 8.01. The van der Waals surface area contributed by atoms with E-state index >= 15 is 0 Å². The monoisotopic (exact) mass is 384 g/mol. The fourth-order valence-electron chi connectivity index (χ4n) is 3.45. The summed E-state index contributed by atoms with van der Waals surface area (Å²) in [4.78, 5) is 20.4. The lowest BCUT2D eigenvalue weighted by molar-refractivity contribution is 0.584. The minimum atomic E-state index is 0.694. The van der Waals surface area contributed by atoms with E-state index in [0.717, 1.165) is 54.4 Å². The van der Waals surface area contributed by atoms with Gasteiger partial charge in [-0.3, -0.25) is 9.97 Å². The molecule has 0 saturated carbocycles. The predicted octanol–water partition coefficient (Wildman–Crippen LogP) is 2.33. The fourth-order valence-corrected chi connectivity index (χ4v) is 3.45. The minimum Gasteiger partial charge on any atom is -0.354 e. The molecule has 0 bridgehead atoms. The summed E-state index contributed by atoms with van der Waals surface area (Å²) in [5.41, 5.74) is 3.06. The molecule has 1 N–H and O–H groups in total. The normalized spacial score (nSPS) is 14.3. The molecule has 0 atom stereocenters. The summed E-state index contributed by atoms with van der Waals surface area (Å²) >= 11 is 0. The number of anilines is 1.